The lowest BCUT2D eigenvalue weighted by Crippen LogP contribution is -2.49. The third kappa shape index (κ3) is 4.07. The Labute approximate surface area is 118 Å². The third-order valence-corrected chi connectivity index (χ3v) is 3.94. The van der Waals surface area contributed by atoms with Crippen molar-refractivity contribution in [2.45, 2.75) is 13.1 Å². The van der Waals surface area contributed by atoms with Gasteiger partial charge in [0.25, 0.3) is 0 Å². The van der Waals surface area contributed by atoms with E-state index >= 15 is 0 Å². The molecule has 2 heterocycles. The molecule has 1 aliphatic rings. The van der Waals surface area contributed by atoms with E-state index in [1.807, 2.05) is 24.0 Å². The first-order chi connectivity index (χ1) is 8.85. The monoisotopic (exact) mass is 337 g/mol. The highest BCUT2D eigenvalue weighted by Gasteiger charge is 2.32. The average Bonchev–Trinajstić information content (AvgIpc) is 2.32. The summed E-state index contributed by atoms with van der Waals surface area (Å²) in [6, 6.07) is 3.80. The highest BCUT2D eigenvalue weighted by molar-refractivity contribution is 9.10. The molecule has 0 bridgehead atoms. The Hall–Kier alpha value is -0.820. The van der Waals surface area contributed by atoms with Gasteiger partial charge in [0, 0.05) is 30.7 Å². The van der Waals surface area contributed by atoms with Crippen molar-refractivity contribution >= 4 is 21.7 Å². The second-order valence-electron chi connectivity index (χ2n) is 4.62. The normalized spacial score (nSPS) is 17.8. The molecule has 0 spiro atoms. The molecule has 0 aromatic carbocycles. The molecule has 1 fully saturated rings. The Morgan fingerprint density at radius 1 is 1.21 bits per heavy atom. The highest BCUT2D eigenvalue weighted by Crippen LogP contribution is 2.22. The van der Waals surface area contributed by atoms with E-state index in [0.29, 0.717) is 26.2 Å². The zero-order valence-electron chi connectivity index (χ0n) is 10.5. The number of aryl methyl sites for hydroxylation is 1. The van der Waals surface area contributed by atoms with Crippen molar-refractivity contribution in [2.75, 3.05) is 37.6 Å². The SMILES string of the molecule is Cc1nc(N2CCN(CC(F)(F)F)CC2)ccc1Br. The number of rotatable bonds is 2. The molecule has 1 saturated heterocycles. The van der Waals surface area contributed by atoms with Gasteiger partial charge in [-0.2, -0.15) is 13.2 Å². The number of hydrogen-bond donors (Lipinski definition) is 0. The molecule has 0 radical (unpaired) electrons. The van der Waals surface area contributed by atoms with Crippen LogP contribution >= 0.6 is 15.9 Å². The van der Waals surface area contributed by atoms with Crippen LogP contribution in [-0.4, -0.2) is 48.8 Å². The van der Waals surface area contributed by atoms with Crippen LogP contribution < -0.4 is 4.90 Å². The molecule has 0 aliphatic carbocycles. The summed E-state index contributed by atoms with van der Waals surface area (Å²) in [5, 5.41) is 0. The number of piperazine rings is 1. The van der Waals surface area contributed by atoms with Gasteiger partial charge < -0.3 is 4.90 Å². The Morgan fingerprint density at radius 3 is 2.37 bits per heavy atom. The van der Waals surface area contributed by atoms with Crippen LogP contribution in [0.2, 0.25) is 0 Å². The molecule has 1 aromatic heterocycles. The molecule has 1 aromatic rings. The van der Waals surface area contributed by atoms with Gasteiger partial charge in [-0.05, 0) is 35.0 Å². The van der Waals surface area contributed by atoms with Gasteiger partial charge in [-0.1, -0.05) is 0 Å². The Kier molecular flexibility index (Phi) is 4.35. The summed E-state index contributed by atoms with van der Waals surface area (Å²) < 4.78 is 37.8. The van der Waals surface area contributed by atoms with Crippen LogP contribution in [0.15, 0.2) is 16.6 Å². The van der Waals surface area contributed by atoms with Gasteiger partial charge in [-0.25, -0.2) is 4.98 Å². The topological polar surface area (TPSA) is 19.4 Å². The molecule has 3 nitrogen and oxygen atoms in total. The van der Waals surface area contributed by atoms with E-state index in [4.69, 9.17) is 0 Å². The molecule has 0 N–H and O–H groups in total. The number of aromatic nitrogens is 1. The fraction of sp³-hybridized carbons (Fsp3) is 0.583. The number of hydrogen-bond acceptors (Lipinski definition) is 3. The van der Waals surface area contributed by atoms with Crippen LogP contribution in [0.4, 0.5) is 19.0 Å². The minimum Gasteiger partial charge on any atom is -0.354 e. The molecule has 0 unspecified atom stereocenters. The van der Waals surface area contributed by atoms with Gasteiger partial charge in [0.1, 0.15) is 5.82 Å². The molecule has 0 atom stereocenters. The summed E-state index contributed by atoms with van der Waals surface area (Å²) in [6.07, 6.45) is -4.12. The van der Waals surface area contributed by atoms with E-state index in [0.717, 1.165) is 16.0 Å². The molecule has 2 rings (SSSR count). The molecule has 7 heteroatoms. The minimum atomic E-state index is -4.12. The van der Waals surface area contributed by atoms with Crippen LogP contribution in [0, 0.1) is 6.92 Å². The number of nitrogens with zero attached hydrogens (tertiary/aromatic N) is 3. The van der Waals surface area contributed by atoms with Crippen LogP contribution in [0.1, 0.15) is 5.69 Å². The molecular formula is C12H15BrF3N3. The zero-order valence-corrected chi connectivity index (χ0v) is 12.1. The standard InChI is InChI=1S/C12H15BrF3N3/c1-9-10(13)2-3-11(17-9)19-6-4-18(5-7-19)8-12(14,15)16/h2-3H,4-8H2,1H3. The summed E-state index contributed by atoms with van der Waals surface area (Å²) in [6.45, 7) is 3.04. The molecule has 106 valence electrons. The third-order valence-electron chi connectivity index (χ3n) is 3.11. The average molecular weight is 338 g/mol. The lowest BCUT2D eigenvalue weighted by molar-refractivity contribution is -0.146. The quantitative estimate of drug-likeness (QED) is 0.827. The van der Waals surface area contributed by atoms with E-state index in [1.165, 1.54) is 4.90 Å². The molecular weight excluding hydrogens is 323 g/mol. The number of pyridine rings is 1. The Balaban J connectivity index is 1.94. The van der Waals surface area contributed by atoms with Crippen molar-refractivity contribution in [3.63, 3.8) is 0 Å². The first kappa shape index (κ1) is 14.6. The Bertz CT molecular complexity index is 442. The molecule has 1 aliphatic heterocycles. The highest BCUT2D eigenvalue weighted by atomic mass is 79.9. The van der Waals surface area contributed by atoms with Gasteiger partial charge in [0.15, 0.2) is 0 Å². The van der Waals surface area contributed by atoms with Gasteiger partial charge in [-0.15, -0.1) is 0 Å². The second kappa shape index (κ2) is 5.66. The smallest absolute Gasteiger partial charge is 0.354 e. The maximum absolute atomic E-state index is 12.3. The summed E-state index contributed by atoms with van der Waals surface area (Å²) in [5.41, 5.74) is 0.884. The van der Waals surface area contributed by atoms with E-state index in [-0.39, 0.29) is 0 Å². The van der Waals surface area contributed by atoms with Crippen molar-refractivity contribution in [3.8, 4) is 0 Å². The van der Waals surface area contributed by atoms with Crippen molar-refractivity contribution in [2.24, 2.45) is 0 Å². The van der Waals surface area contributed by atoms with E-state index in [2.05, 4.69) is 20.9 Å². The van der Waals surface area contributed by atoms with E-state index < -0.39 is 12.7 Å². The summed E-state index contributed by atoms with van der Waals surface area (Å²) in [5.74, 6) is 0.826. The summed E-state index contributed by atoms with van der Waals surface area (Å²) in [7, 11) is 0. The van der Waals surface area contributed by atoms with Crippen molar-refractivity contribution < 1.29 is 13.2 Å². The van der Waals surface area contributed by atoms with Crippen molar-refractivity contribution in [1.29, 1.82) is 0 Å². The predicted molar refractivity (Wildman–Crippen MR) is 71.4 cm³/mol. The van der Waals surface area contributed by atoms with Gasteiger partial charge >= 0.3 is 6.18 Å². The molecule has 0 saturated carbocycles. The van der Waals surface area contributed by atoms with E-state index in [1.54, 1.807) is 0 Å². The lowest BCUT2D eigenvalue weighted by Gasteiger charge is -2.35. The summed E-state index contributed by atoms with van der Waals surface area (Å²) >= 11 is 3.38. The summed E-state index contributed by atoms with van der Waals surface area (Å²) in [4.78, 5) is 7.89. The van der Waals surface area contributed by atoms with Gasteiger partial charge in [0.05, 0.1) is 12.2 Å². The minimum absolute atomic E-state index is 0.413. The lowest BCUT2D eigenvalue weighted by atomic mass is 10.3. The maximum Gasteiger partial charge on any atom is 0.401 e. The van der Waals surface area contributed by atoms with Crippen molar-refractivity contribution in [3.05, 3.63) is 22.3 Å². The van der Waals surface area contributed by atoms with Gasteiger partial charge in [0.2, 0.25) is 0 Å². The maximum atomic E-state index is 12.3. The molecule has 0 amide bonds. The first-order valence-corrected chi connectivity index (χ1v) is 6.82. The van der Waals surface area contributed by atoms with Crippen LogP contribution in [-0.2, 0) is 0 Å². The number of alkyl halides is 3. The molecule has 19 heavy (non-hydrogen) atoms. The fourth-order valence-electron chi connectivity index (χ4n) is 2.10. The van der Waals surface area contributed by atoms with Crippen LogP contribution in [0.5, 0.6) is 0 Å². The largest absolute Gasteiger partial charge is 0.401 e. The van der Waals surface area contributed by atoms with Gasteiger partial charge in [-0.3, -0.25) is 4.90 Å². The fourth-order valence-corrected chi connectivity index (χ4v) is 2.32. The Morgan fingerprint density at radius 2 is 1.84 bits per heavy atom. The van der Waals surface area contributed by atoms with E-state index in [9.17, 15) is 13.2 Å². The van der Waals surface area contributed by atoms with Crippen LogP contribution in [0.25, 0.3) is 0 Å². The number of halogens is 4. The first-order valence-electron chi connectivity index (χ1n) is 6.02. The number of anilines is 1. The van der Waals surface area contributed by atoms with Crippen molar-refractivity contribution in [1.82, 2.24) is 9.88 Å². The second-order valence-corrected chi connectivity index (χ2v) is 5.47. The zero-order chi connectivity index (χ0) is 14.0. The van der Waals surface area contributed by atoms with Crippen LogP contribution in [0.3, 0.4) is 0 Å². The predicted octanol–water partition coefficient (Wildman–Crippen LogP) is 2.84.